The minimum atomic E-state index is -0.188. The van der Waals surface area contributed by atoms with Crippen molar-refractivity contribution in [2.45, 2.75) is 82.6 Å². The highest BCUT2D eigenvalue weighted by Crippen LogP contribution is 2.35. The van der Waals surface area contributed by atoms with Gasteiger partial charge in [0, 0.05) is 41.1 Å². The van der Waals surface area contributed by atoms with Crippen LogP contribution in [0.25, 0.3) is 0 Å². The lowest BCUT2D eigenvalue weighted by Gasteiger charge is -2.25. The Hall–Kier alpha value is -2.45. The van der Waals surface area contributed by atoms with Crippen molar-refractivity contribution in [3.05, 3.63) is 44.4 Å². The van der Waals surface area contributed by atoms with Crippen molar-refractivity contribution in [2.75, 3.05) is 16.8 Å². The Kier molecular flexibility index (Phi) is 6.50. The Balaban J connectivity index is 1.23. The zero-order valence-electron chi connectivity index (χ0n) is 19.9. The predicted molar refractivity (Wildman–Crippen MR) is 140 cm³/mol. The van der Waals surface area contributed by atoms with Crippen LogP contribution in [0, 0.1) is 0 Å². The number of halogens is 1. The minimum Gasteiger partial charge on any atom is -0.331 e. The molecule has 3 aromatic heterocycles. The van der Waals surface area contributed by atoms with E-state index in [9.17, 15) is 4.79 Å². The van der Waals surface area contributed by atoms with E-state index >= 15 is 0 Å². The van der Waals surface area contributed by atoms with Crippen LogP contribution in [-0.4, -0.2) is 38.5 Å². The molecule has 0 amide bonds. The molecule has 0 spiro atoms. The fraction of sp³-hybridized carbons (Fsp3) is 0.538. The van der Waals surface area contributed by atoms with Gasteiger partial charge < -0.3 is 10.2 Å². The molecule has 0 bridgehead atoms. The first kappa shape index (κ1) is 23.0. The zero-order valence-corrected chi connectivity index (χ0v) is 21.4. The summed E-state index contributed by atoms with van der Waals surface area (Å²) in [5.74, 6) is 3.11. The van der Waals surface area contributed by atoms with Gasteiger partial charge in [0.2, 0.25) is 5.95 Å². The molecule has 9 heteroatoms. The highest BCUT2D eigenvalue weighted by molar-refractivity contribution is 7.16. The van der Waals surface area contributed by atoms with Crippen molar-refractivity contribution in [1.29, 1.82) is 0 Å². The summed E-state index contributed by atoms with van der Waals surface area (Å²) in [6, 6.07) is 5.76. The van der Waals surface area contributed by atoms with Gasteiger partial charge >= 0.3 is 0 Å². The van der Waals surface area contributed by atoms with Gasteiger partial charge in [0.1, 0.15) is 5.82 Å². The van der Waals surface area contributed by atoms with E-state index in [1.165, 1.54) is 54.7 Å². The van der Waals surface area contributed by atoms with E-state index in [1.54, 1.807) is 0 Å². The zero-order chi connectivity index (χ0) is 23.8. The van der Waals surface area contributed by atoms with E-state index < -0.39 is 0 Å². The van der Waals surface area contributed by atoms with Crippen molar-refractivity contribution < 1.29 is 4.79 Å². The number of hydrogen-bond acceptors (Lipinski definition) is 7. The first-order chi connectivity index (χ1) is 17.1. The Labute approximate surface area is 214 Å². The standard InChI is InChI=1S/C26H31ClN6OS/c27-23-12-11-17(35-23)14-22(34)21-10-5-13-33(21)26-28-19-9-4-8-18(19)25(30-26)29-24-15-20(31-32-24)16-6-2-1-3-7-16/h11-12,15-16,21H,1-10,13-14H2,(H2,28,29,30,31,32). The number of carbonyl (C=O) groups excluding carboxylic acids is 1. The van der Waals surface area contributed by atoms with Gasteiger partial charge in [-0.3, -0.25) is 9.89 Å². The number of anilines is 3. The van der Waals surface area contributed by atoms with Gasteiger partial charge in [0.15, 0.2) is 11.6 Å². The fourth-order valence-electron chi connectivity index (χ4n) is 5.87. The Morgan fingerprint density at radius 2 is 2.00 bits per heavy atom. The number of ketones is 1. The summed E-state index contributed by atoms with van der Waals surface area (Å²) < 4.78 is 0.721. The number of fused-ring (bicyclic) bond motifs is 1. The van der Waals surface area contributed by atoms with E-state index in [2.05, 4.69) is 26.5 Å². The first-order valence-corrected chi connectivity index (χ1v) is 14.1. The van der Waals surface area contributed by atoms with Crippen molar-refractivity contribution >= 4 is 46.3 Å². The van der Waals surface area contributed by atoms with Crippen LogP contribution in [-0.2, 0) is 24.1 Å². The molecule has 184 valence electrons. The summed E-state index contributed by atoms with van der Waals surface area (Å²) in [7, 11) is 0. The van der Waals surface area contributed by atoms with Gasteiger partial charge in [-0.05, 0) is 57.1 Å². The number of aromatic amines is 1. The van der Waals surface area contributed by atoms with Crippen LogP contribution in [0.1, 0.15) is 79.1 Å². The summed E-state index contributed by atoms with van der Waals surface area (Å²) in [4.78, 5) is 26.2. The lowest BCUT2D eigenvalue weighted by Crippen LogP contribution is -2.38. The second kappa shape index (κ2) is 9.90. The van der Waals surface area contributed by atoms with Crippen LogP contribution in [0.15, 0.2) is 18.2 Å². The summed E-state index contributed by atoms with van der Waals surface area (Å²) in [5, 5.41) is 11.3. The molecule has 1 aliphatic heterocycles. The second-order valence-corrected chi connectivity index (χ2v) is 11.8. The van der Waals surface area contributed by atoms with Crippen LogP contribution >= 0.6 is 22.9 Å². The highest BCUT2D eigenvalue weighted by atomic mass is 35.5. The molecule has 7 nitrogen and oxygen atoms in total. The molecule has 6 rings (SSSR count). The lowest BCUT2D eigenvalue weighted by atomic mass is 9.87. The Bertz CT molecular complexity index is 1220. The molecule has 4 heterocycles. The van der Waals surface area contributed by atoms with Crippen molar-refractivity contribution in [3.8, 4) is 0 Å². The van der Waals surface area contributed by atoms with E-state index in [-0.39, 0.29) is 11.8 Å². The van der Waals surface area contributed by atoms with Crippen molar-refractivity contribution in [1.82, 2.24) is 20.2 Å². The van der Waals surface area contributed by atoms with Gasteiger partial charge in [-0.2, -0.15) is 10.1 Å². The first-order valence-electron chi connectivity index (χ1n) is 12.9. The third-order valence-electron chi connectivity index (χ3n) is 7.67. The maximum absolute atomic E-state index is 13.2. The molecule has 2 N–H and O–H groups in total. The summed E-state index contributed by atoms with van der Waals surface area (Å²) >= 11 is 7.55. The van der Waals surface area contributed by atoms with Crippen molar-refractivity contribution in [3.63, 3.8) is 0 Å². The lowest BCUT2D eigenvalue weighted by molar-refractivity contribution is -0.119. The molecule has 1 unspecified atom stereocenters. The minimum absolute atomic E-state index is 0.188. The van der Waals surface area contributed by atoms with Crippen LogP contribution < -0.4 is 10.2 Å². The Morgan fingerprint density at radius 1 is 1.11 bits per heavy atom. The van der Waals surface area contributed by atoms with Crippen LogP contribution in [0.2, 0.25) is 4.34 Å². The van der Waals surface area contributed by atoms with Crippen LogP contribution in [0.5, 0.6) is 0 Å². The summed E-state index contributed by atoms with van der Waals surface area (Å²) in [6.45, 7) is 0.800. The number of hydrogen-bond donors (Lipinski definition) is 2. The van der Waals surface area contributed by atoms with Gasteiger partial charge in [-0.25, -0.2) is 4.98 Å². The summed E-state index contributed by atoms with van der Waals surface area (Å²) in [5.41, 5.74) is 3.51. The number of nitrogens with one attached hydrogen (secondary N) is 2. The van der Waals surface area contributed by atoms with Crippen LogP contribution in [0.3, 0.4) is 0 Å². The molecular weight excluding hydrogens is 480 g/mol. The molecule has 1 saturated heterocycles. The number of carbonyl (C=O) groups is 1. The molecule has 35 heavy (non-hydrogen) atoms. The summed E-state index contributed by atoms with van der Waals surface area (Å²) in [6.07, 6.45) is 11.6. The van der Waals surface area contributed by atoms with Gasteiger partial charge in [0.25, 0.3) is 0 Å². The van der Waals surface area contributed by atoms with Crippen molar-refractivity contribution in [2.24, 2.45) is 0 Å². The number of rotatable bonds is 7. The smallest absolute Gasteiger partial charge is 0.228 e. The fourth-order valence-corrected chi connectivity index (χ4v) is 6.97. The molecule has 3 aliphatic rings. The predicted octanol–water partition coefficient (Wildman–Crippen LogP) is 5.98. The molecule has 1 atom stereocenters. The second-order valence-electron chi connectivity index (χ2n) is 10.0. The largest absolute Gasteiger partial charge is 0.331 e. The topological polar surface area (TPSA) is 86.8 Å². The van der Waals surface area contributed by atoms with Crippen LogP contribution in [0.4, 0.5) is 17.6 Å². The number of thiophene rings is 1. The van der Waals surface area contributed by atoms with E-state index in [4.69, 9.17) is 21.6 Å². The molecule has 0 aromatic carbocycles. The van der Waals surface area contributed by atoms with Gasteiger partial charge in [0.05, 0.1) is 16.1 Å². The molecule has 2 aliphatic carbocycles. The average Bonchev–Trinajstić information content (AvgIpc) is 3.67. The quantitative estimate of drug-likeness (QED) is 0.407. The third kappa shape index (κ3) is 4.83. The maximum atomic E-state index is 13.2. The molecule has 1 saturated carbocycles. The number of nitrogens with zero attached hydrogens (tertiary/aromatic N) is 4. The van der Waals surface area contributed by atoms with Gasteiger partial charge in [-0.15, -0.1) is 11.3 Å². The SMILES string of the molecule is O=C(Cc1ccc(Cl)s1)C1CCCN1c1nc2c(c(Nc3cc(C4CCCCC4)[nH]n3)n1)CCC2. The average molecular weight is 511 g/mol. The van der Waals surface area contributed by atoms with Gasteiger partial charge in [-0.1, -0.05) is 30.9 Å². The van der Waals surface area contributed by atoms with E-state index in [0.29, 0.717) is 18.3 Å². The number of aromatic nitrogens is 4. The normalized spacial score (nSPS) is 20.4. The highest BCUT2D eigenvalue weighted by Gasteiger charge is 2.34. The Morgan fingerprint density at radius 3 is 2.83 bits per heavy atom. The molecule has 3 aromatic rings. The maximum Gasteiger partial charge on any atom is 0.228 e. The monoisotopic (exact) mass is 510 g/mol. The third-order valence-corrected chi connectivity index (χ3v) is 8.90. The number of Topliss-reactive ketones (excluding diaryl/α,β-unsaturated/α-hetero) is 1. The molecular formula is C26H31ClN6OS. The van der Waals surface area contributed by atoms with E-state index in [0.717, 1.165) is 65.2 Å². The van der Waals surface area contributed by atoms with E-state index in [1.807, 2.05) is 12.1 Å². The number of aryl methyl sites for hydroxylation is 1. The number of H-pyrrole nitrogens is 1. The molecule has 0 radical (unpaired) electrons. The molecule has 2 fully saturated rings.